The summed E-state index contributed by atoms with van der Waals surface area (Å²) in [7, 11) is 3.89. The lowest BCUT2D eigenvalue weighted by Gasteiger charge is -2.22. The topological polar surface area (TPSA) is 48.9 Å². The molecule has 146 valence electrons. The zero-order valence-corrected chi connectivity index (χ0v) is 19.4. The van der Waals surface area contributed by atoms with Gasteiger partial charge in [-0.3, -0.25) is 4.99 Å². The number of rotatable bonds is 11. The molecule has 25 heavy (non-hydrogen) atoms. The fourth-order valence-electron chi connectivity index (χ4n) is 2.32. The second-order valence-electron chi connectivity index (χ2n) is 6.63. The maximum absolute atomic E-state index is 5.09. The molecule has 0 saturated carbocycles. The third kappa shape index (κ3) is 10.4. The first-order valence-electron chi connectivity index (χ1n) is 8.73. The summed E-state index contributed by atoms with van der Waals surface area (Å²) < 4.78 is 5.09. The van der Waals surface area contributed by atoms with E-state index in [0.29, 0.717) is 0 Å². The van der Waals surface area contributed by atoms with Crippen LogP contribution in [0.25, 0.3) is 0 Å². The lowest BCUT2D eigenvalue weighted by atomic mass is 9.92. The smallest absolute Gasteiger partial charge is 0.191 e. The van der Waals surface area contributed by atoms with Crippen molar-refractivity contribution in [1.29, 1.82) is 0 Å². The molecule has 0 fully saturated rings. The number of nitrogens with one attached hydrogen (secondary N) is 2. The van der Waals surface area contributed by atoms with Crippen molar-refractivity contribution in [3.63, 3.8) is 0 Å². The molecule has 0 aromatic carbocycles. The number of likely N-dealkylation sites (N-methyl/N-ethyl adjacent to an activating group) is 1. The van der Waals surface area contributed by atoms with Gasteiger partial charge in [0, 0.05) is 50.2 Å². The maximum atomic E-state index is 5.09. The molecule has 1 aromatic rings. The monoisotopic (exact) mass is 482 g/mol. The van der Waals surface area contributed by atoms with Gasteiger partial charge in [0.1, 0.15) is 0 Å². The molecule has 0 unspecified atom stereocenters. The standard InChI is InChI=1S/C18H34N4OS.HI/c1-6-19-17(20-10-12-22(4)11-8-13-23-5)21-15-18(2,3)16-9-7-14-24-16;/h7,9,14H,6,8,10-13,15H2,1-5H3,(H2,19,20,21);1H. The number of guanidine groups is 1. The van der Waals surface area contributed by atoms with Crippen molar-refractivity contribution in [2.75, 3.05) is 53.5 Å². The van der Waals surface area contributed by atoms with Crippen molar-refractivity contribution in [2.24, 2.45) is 4.99 Å². The molecule has 0 atom stereocenters. The van der Waals surface area contributed by atoms with E-state index in [9.17, 15) is 0 Å². The Hall–Kier alpha value is -0.380. The number of thiophene rings is 1. The van der Waals surface area contributed by atoms with Gasteiger partial charge in [0.2, 0.25) is 0 Å². The zero-order chi connectivity index (χ0) is 17.8. The summed E-state index contributed by atoms with van der Waals surface area (Å²) in [5, 5.41) is 8.89. The van der Waals surface area contributed by atoms with Gasteiger partial charge in [-0.15, -0.1) is 35.3 Å². The van der Waals surface area contributed by atoms with Crippen LogP contribution in [0.4, 0.5) is 0 Å². The van der Waals surface area contributed by atoms with E-state index in [-0.39, 0.29) is 29.4 Å². The van der Waals surface area contributed by atoms with Crippen molar-refractivity contribution in [3.8, 4) is 0 Å². The third-order valence-corrected chi connectivity index (χ3v) is 5.07. The van der Waals surface area contributed by atoms with Crippen molar-refractivity contribution in [2.45, 2.75) is 32.6 Å². The molecule has 0 aliphatic rings. The Labute approximate surface area is 174 Å². The predicted molar refractivity (Wildman–Crippen MR) is 121 cm³/mol. The number of hydrogen-bond donors (Lipinski definition) is 2. The van der Waals surface area contributed by atoms with Crippen molar-refractivity contribution in [3.05, 3.63) is 22.4 Å². The van der Waals surface area contributed by atoms with Gasteiger partial charge < -0.3 is 20.3 Å². The van der Waals surface area contributed by atoms with Crippen molar-refractivity contribution < 1.29 is 4.74 Å². The molecule has 0 aliphatic heterocycles. The van der Waals surface area contributed by atoms with Crippen LogP contribution in [-0.4, -0.2) is 64.3 Å². The first kappa shape index (κ1) is 24.6. The van der Waals surface area contributed by atoms with E-state index in [1.807, 2.05) is 0 Å². The van der Waals surface area contributed by atoms with Gasteiger partial charge in [0.05, 0.1) is 6.54 Å². The Balaban J connectivity index is 0.00000576. The number of aliphatic imine (C=N–C) groups is 1. The Kier molecular flexibility index (Phi) is 13.6. The molecule has 2 N–H and O–H groups in total. The minimum atomic E-state index is 0. The molecule has 0 radical (unpaired) electrons. The zero-order valence-electron chi connectivity index (χ0n) is 16.3. The van der Waals surface area contributed by atoms with Gasteiger partial charge in [-0.25, -0.2) is 0 Å². The second kappa shape index (κ2) is 13.8. The Morgan fingerprint density at radius 3 is 2.68 bits per heavy atom. The lowest BCUT2D eigenvalue weighted by molar-refractivity contribution is 0.180. The van der Waals surface area contributed by atoms with Crippen LogP contribution < -0.4 is 10.6 Å². The van der Waals surface area contributed by atoms with E-state index in [4.69, 9.17) is 9.73 Å². The fraction of sp³-hybridized carbons (Fsp3) is 0.722. The third-order valence-electron chi connectivity index (χ3n) is 3.84. The molecular weight excluding hydrogens is 447 g/mol. The predicted octanol–water partition coefficient (Wildman–Crippen LogP) is 3.17. The summed E-state index contributed by atoms with van der Waals surface area (Å²) >= 11 is 1.80. The molecular formula is C18H35IN4OS. The average molecular weight is 482 g/mol. The first-order valence-corrected chi connectivity index (χ1v) is 9.61. The van der Waals surface area contributed by atoms with Crippen LogP contribution >= 0.6 is 35.3 Å². The minimum absolute atomic E-state index is 0. The van der Waals surface area contributed by atoms with Gasteiger partial charge in [0.25, 0.3) is 0 Å². The SMILES string of the molecule is CCNC(=NCC(C)(C)c1cccs1)NCCN(C)CCCOC.I. The van der Waals surface area contributed by atoms with Gasteiger partial charge in [-0.1, -0.05) is 19.9 Å². The average Bonchev–Trinajstić information content (AvgIpc) is 3.08. The number of ether oxygens (including phenoxy) is 1. The summed E-state index contributed by atoms with van der Waals surface area (Å²) in [6, 6.07) is 4.30. The number of nitrogens with zero attached hydrogens (tertiary/aromatic N) is 2. The van der Waals surface area contributed by atoms with E-state index < -0.39 is 0 Å². The molecule has 1 rings (SSSR count). The van der Waals surface area contributed by atoms with E-state index in [1.165, 1.54) is 4.88 Å². The Morgan fingerprint density at radius 2 is 2.08 bits per heavy atom. The van der Waals surface area contributed by atoms with E-state index in [1.54, 1.807) is 18.4 Å². The fourth-order valence-corrected chi connectivity index (χ4v) is 3.16. The summed E-state index contributed by atoms with van der Waals surface area (Å²) in [6.45, 7) is 12.0. The quantitative estimate of drug-likeness (QED) is 0.220. The number of hydrogen-bond acceptors (Lipinski definition) is 4. The second-order valence-corrected chi connectivity index (χ2v) is 7.58. The van der Waals surface area contributed by atoms with E-state index >= 15 is 0 Å². The normalized spacial score (nSPS) is 12.2. The summed E-state index contributed by atoms with van der Waals surface area (Å²) in [5.74, 6) is 0.896. The highest BCUT2D eigenvalue weighted by molar-refractivity contribution is 14.0. The van der Waals surface area contributed by atoms with Gasteiger partial charge in [0.15, 0.2) is 5.96 Å². The van der Waals surface area contributed by atoms with Crippen LogP contribution in [0.1, 0.15) is 32.1 Å². The minimum Gasteiger partial charge on any atom is -0.385 e. The van der Waals surface area contributed by atoms with Crippen LogP contribution in [0.5, 0.6) is 0 Å². The van der Waals surface area contributed by atoms with Crippen molar-refractivity contribution in [1.82, 2.24) is 15.5 Å². The molecule has 5 nitrogen and oxygen atoms in total. The Morgan fingerprint density at radius 1 is 1.32 bits per heavy atom. The highest BCUT2D eigenvalue weighted by atomic mass is 127. The highest BCUT2D eigenvalue weighted by Gasteiger charge is 2.21. The van der Waals surface area contributed by atoms with Crippen LogP contribution in [0.3, 0.4) is 0 Å². The first-order chi connectivity index (χ1) is 11.5. The highest BCUT2D eigenvalue weighted by Crippen LogP contribution is 2.27. The van der Waals surface area contributed by atoms with Crippen LogP contribution in [0.15, 0.2) is 22.5 Å². The maximum Gasteiger partial charge on any atom is 0.191 e. The molecule has 7 heteroatoms. The largest absolute Gasteiger partial charge is 0.385 e. The molecule has 0 spiro atoms. The van der Waals surface area contributed by atoms with Crippen LogP contribution in [0.2, 0.25) is 0 Å². The van der Waals surface area contributed by atoms with Crippen molar-refractivity contribution >= 4 is 41.3 Å². The Bertz CT molecular complexity index is 466. The number of methoxy groups -OCH3 is 1. The van der Waals surface area contributed by atoms with Crippen LogP contribution in [0, 0.1) is 0 Å². The molecule has 1 aromatic heterocycles. The molecule has 0 aliphatic carbocycles. The van der Waals surface area contributed by atoms with Crippen LogP contribution in [-0.2, 0) is 10.2 Å². The van der Waals surface area contributed by atoms with E-state index in [2.05, 4.69) is 60.9 Å². The summed E-state index contributed by atoms with van der Waals surface area (Å²) in [6.07, 6.45) is 1.07. The number of halogens is 1. The van der Waals surface area contributed by atoms with Gasteiger partial charge >= 0.3 is 0 Å². The summed E-state index contributed by atoms with van der Waals surface area (Å²) in [4.78, 5) is 8.46. The van der Waals surface area contributed by atoms with Gasteiger partial charge in [-0.05, 0) is 31.8 Å². The van der Waals surface area contributed by atoms with E-state index in [0.717, 1.165) is 51.7 Å². The molecule has 0 bridgehead atoms. The molecule has 0 saturated heterocycles. The summed E-state index contributed by atoms with van der Waals surface area (Å²) in [5.41, 5.74) is 0.0630. The molecule has 0 amide bonds. The molecule has 1 heterocycles. The lowest BCUT2D eigenvalue weighted by Crippen LogP contribution is -2.41. The van der Waals surface area contributed by atoms with Gasteiger partial charge in [-0.2, -0.15) is 0 Å².